The highest BCUT2D eigenvalue weighted by Gasteiger charge is 2.38. The highest BCUT2D eigenvalue weighted by atomic mass is 127. The van der Waals surface area contributed by atoms with Gasteiger partial charge in [-0.2, -0.15) is 0 Å². The molecule has 1 saturated heterocycles. The van der Waals surface area contributed by atoms with Crippen molar-refractivity contribution in [1.29, 1.82) is 0 Å². The van der Waals surface area contributed by atoms with Crippen LogP contribution >= 0.6 is 50.7 Å². The summed E-state index contributed by atoms with van der Waals surface area (Å²) in [6.07, 6.45) is 1.36. The van der Waals surface area contributed by atoms with Crippen LogP contribution in [0.25, 0.3) is 0 Å². The van der Waals surface area contributed by atoms with Gasteiger partial charge in [-0.3, -0.25) is 19.5 Å². The van der Waals surface area contributed by atoms with Crippen LogP contribution in [0.15, 0.2) is 58.0 Å². The van der Waals surface area contributed by atoms with Gasteiger partial charge in [0.05, 0.1) is 11.4 Å². The average molecular weight is 528 g/mol. The number of hydrogen-bond donors (Lipinski definition) is 1. The van der Waals surface area contributed by atoms with E-state index in [1.54, 1.807) is 24.3 Å². The molecule has 0 radical (unpaired) electrons. The highest BCUT2D eigenvalue weighted by molar-refractivity contribution is 14.1. The maximum atomic E-state index is 12.8. The zero-order valence-electron chi connectivity index (χ0n) is 12.6. The van der Waals surface area contributed by atoms with Gasteiger partial charge in [-0.15, -0.1) is 0 Å². The number of amides is 2. The molecule has 0 unspecified atom stereocenters. The van der Waals surface area contributed by atoms with Crippen molar-refractivity contribution in [3.63, 3.8) is 0 Å². The number of aliphatic imine (C=N–C) groups is 1. The van der Waals surface area contributed by atoms with E-state index in [1.165, 1.54) is 11.1 Å². The van der Waals surface area contributed by atoms with Gasteiger partial charge in [-0.25, -0.2) is 0 Å². The van der Waals surface area contributed by atoms with Crippen LogP contribution in [0.5, 0.6) is 0 Å². The van der Waals surface area contributed by atoms with Crippen LogP contribution in [0.4, 0.5) is 11.4 Å². The number of benzene rings is 2. The summed E-state index contributed by atoms with van der Waals surface area (Å²) in [6, 6.07) is 14.6. The third-order valence-electron chi connectivity index (χ3n) is 3.50. The van der Waals surface area contributed by atoms with Gasteiger partial charge in [0.2, 0.25) is 5.91 Å². The predicted molar refractivity (Wildman–Crippen MR) is 113 cm³/mol. The minimum Gasteiger partial charge on any atom is -0.301 e. The van der Waals surface area contributed by atoms with Crippen molar-refractivity contribution in [3.8, 4) is 0 Å². The highest BCUT2D eigenvalue weighted by Crippen LogP contribution is 2.24. The molecule has 3 rings (SSSR count). The third-order valence-corrected chi connectivity index (χ3v) is 5.23. The molecule has 8 heteroatoms. The second-order valence-electron chi connectivity index (χ2n) is 5.15. The molecule has 0 spiro atoms. The van der Waals surface area contributed by atoms with Gasteiger partial charge in [0, 0.05) is 14.3 Å². The van der Waals surface area contributed by atoms with Crippen molar-refractivity contribution in [2.75, 3.05) is 4.90 Å². The molecule has 0 aliphatic carbocycles. The molecule has 1 N–H and O–H groups in total. The smallest absolute Gasteiger partial charge is 0.251 e. The van der Waals surface area contributed by atoms with Crippen LogP contribution in [0, 0.1) is 9.49 Å². The molecule has 1 aliphatic rings. The Morgan fingerprint density at radius 3 is 2.52 bits per heavy atom. The van der Waals surface area contributed by atoms with Gasteiger partial charge in [0.1, 0.15) is 0 Å². The first-order valence-corrected chi connectivity index (χ1v) is 9.48. The zero-order chi connectivity index (χ0) is 18.0. The molecule has 0 bridgehead atoms. The minimum absolute atomic E-state index is 0.0660. The predicted octanol–water partition coefficient (Wildman–Crippen LogP) is 3.82. The molecule has 25 heavy (non-hydrogen) atoms. The number of halogens is 2. The van der Waals surface area contributed by atoms with Crippen molar-refractivity contribution < 1.29 is 9.59 Å². The van der Waals surface area contributed by atoms with E-state index in [1.807, 2.05) is 24.3 Å². The number of carbonyl (C=O) groups excluding carboxylic acids is 2. The number of para-hydroxylation sites is 1. The van der Waals surface area contributed by atoms with Crippen LogP contribution in [-0.4, -0.2) is 23.1 Å². The maximum absolute atomic E-state index is 12.8. The lowest BCUT2D eigenvalue weighted by Gasteiger charge is -2.30. The van der Waals surface area contributed by atoms with E-state index >= 15 is 0 Å². The molecule has 2 aromatic carbocycles. The average Bonchev–Trinajstić information content (AvgIpc) is 2.57. The number of anilines is 1. The van der Waals surface area contributed by atoms with Crippen LogP contribution in [0.2, 0.25) is 0 Å². The molecule has 1 heterocycles. The van der Waals surface area contributed by atoms with E-state index in [0.717, 1.165) is 8.04 Å². The summed E-state index contributed by atoms with van der Waals surface area (Å²) < 4.78 is 1.81. The molecule has 2 amide bonds. The lowest BCUT2D eigenvalue weighted by molar-refractivity contribution is -0.130. The van der Waals surface area contributed by atoms with Crippen molar-refractivity contribution in [1.82, 2.24) is 5.32 Å². The zero-order valence-corrected chi connectivity index (χ0v) is 17.2. The molecule has 1 aliphatic heterocycles. The summed E-state index contributed by atoms with van der Waals surface area (Å²) in [4.78, 5) is 30.6. The number of thiocarbonyl (C=S) groups is 1. The minimum atomic E-state index is -1.04. The molecular weight excluding hydrogens is 517 g/mol. The quantitative estimate of drug-likeness (QED) is 0.286. The summed E-state index contributed by atoms with van der Waals surface area (Å²) in [5.74, 6) is -1.94. The summed E-state index contributed by atoms with van der Waals surface area (Å²) in [7, 11) is 0. The lowest BCUT2D eigenvalue weighted by Crippen LogP contribution is -2.58. The SMILES string of the molecule is O=C1NC(=S)N(c2ccc(Br)cc2)C(=O)[C@H]1C=Nc1ccccc1I. The largest absolute Gasteiger partial charge is 0.301 e. The van der Waals surface area contributed by atoms with Crippen molar-refractivity contribution in [2.24, 2.45) is 10.9 Å². The molecule has 0 aromatic heterocycles. The number of rotatable bonds is 3. The standard InChI is InChI=1S/C17H11BrIN3O2S/c18-10-5-7-11(8-6-10)22-16(24)12(15(23)21-17(22)25)9-20-14-4-2-1-3-13(14)19/h1-9,12H,(H,21,23,25)/t12-/m0/s1. The van der Waals surface area contributed by atoms with Gasteiger partial charge in [0.15, 0.2) is 11.0 Å². The van der Waals surface area contributed by atoms with E-state index in [2.05, 4.69) is 48.8 Å². The third kappa shape index (κ3) is 3.96. The summed E-state index contributed by atoms with van der Waals surface area (Å²) in [5.41, 5.74) is 1.29. The topological polar surface area (TPSA) is 61.8 Å². The lowest BCUT2D eigenvalue weighted by atomic mass is 10.1. The first kappa shape index (κ1) is 18.2. The normalized spacial score (nSPS) is 17.9. The maximum Gasteiger partial charge on any atom is 0.251 e. The summed E-state index contributed by atoms with van der Waals surface area (Å²) in [6.45, 7) is 0. The fraction of sp³-hybridized carbons (Fsp3) is 0.0588. The van der Waals surface area contributed by atoms with Gasteiger partial charge >= 0.3 is 0 Å². The second-order valence-corrected chi connectivity index (χ2v) is 7.62. The molecule has 1 fully saturated rings. The van der Waals surface area contributed by atoms with Crippen LogP contribution < -0.4 is 10.2 Å². The van der Waals surface area contributed by atoms with Gasteiger partial charge < -0.3 is 5.32 Å². The Bertz CT molecular complexity index is 886. The molecule has 5 nitrogen and oxygen atoms in total. The van der Waals surface area contributed by atoms with Crippen molar-refractivity contribution >= 4 is 85.3 Å². The van der Waals surface area contributed by atoms with Crippen molar-refractivity contribution in [3.05, 3.63) is 56.6 Å². The van der Waals surface area contributed by atoms with Crippen molar-refractivity contribution in [2.45, 2.75) is 0 Å². The Morgan fingerprint density at radius 2 is 1.84 bits per heavy atom. The van der Waals surface area contributed by atoms with Crippen LogP contribution in [0.1, 0.15) is 0 Å². The number of carbonyl (C=O) groups is 2. The molecule has 0 saturated carbocycles. The number of hydrogen-bond acceptors (Lipinski definition) is 4. The molecule has 126 valence electrons. The number of nitrogens with one attached hydrogen (secondary N) is 1. The van der Waals surface area contributed by atoms with E-state index < -0.39 is 17.7 Å². The van der Waals surface area contributed by atoms with Crippen LogP contribution in [-0.2, 0) is 9.59 Å². The first-order valence-electron chi connectivity index (χ1n) is 7.20. The molecular formula is C17H11BrIN3O2S. The first-order chi connectivity index (χ1) is 12.0. The van der Waals surface area contributed by atoms with Gasteiger partial charge in [-0.1, -0.05) is 28.1 Å². The Hall–Kier alpha value is -1.65. The van der Waals surface area contributed by atoms with Gasteiger partial charge in [-0.05, 0) is 71.2 Å². The Labute approximate surface area is 171 Å². The van der Waals surface area contributed by atoms with E-state index in [0.29, 0.717) is 11.4 Å². The summed E-state index contributed by atoms with van der Waals surface area (Å²) >= 11 is 10.7. The van der Waals surface area contributed by atoms with Crippen LogP contribution in [0.3, 0.4) is 0 Å². The van der Waals surface area contributed by atoms with E-state index in [9.17, 15) is 9.59 Å². The fourth-order valence-corrected chi connectivity index (χ4v) is 3.35. The monoisotopic (exact) mass is 527 g/mol. The Kier molecular flexibility index (Phi) is 5.60. The molecule has 1 atom stereocenters. The Morgan fingerprint density at radius 1 is 1.16 bits per heavy atom. The summed E-state index contributed by atoms with van der Waals surface area (Å²) in [5, 5.41) is 2.63. The van der Waals surface area contributed by atoms with Gasteiger partial charge in [0.25, 0.3) is 5.91 Å². The second kappa shape index (κ2) is 7.71. The number of nitrogens with zero attached hydrogens (tertiary/aromatic N) is 2. The van der Waals surface area contributed by atoms with E-state index in [4.69, 9.17) is 12.2 Å². The molecule has 2 aromatic rings. The fourth-order valence-electron chi connectivity index (χ4n) is 2.27. The Balaban J connectivity index is 1.90. The van der Waals surface area contributed by atoms with E-state index in [-0.39, 0.29) is 5.11 Å².